The van der Waals surface area contributed by atoms with Gasteiger partial charge in [-0.2, -0.15) is 0 Å². The summed E-state index contributed by atoms with van der Waals surface area (Å²) >= 11 is 2.28. The number of aromatic nitrogens is 1. The van der Waals surface area contributed by atoms with Crippen LogP contribution in [-0.2, 0) is 15.0 Å². The number of non-ortho nitro benzene ring substituents is 1. The summed E-state index contributed by atoms with van der Waals surface area (Å²) < 4.78 is 0. The van der Waals surface area contributed by atoms with E-state index < -0.39 is 22.0 Å². The van der Waals surface area contributed by atoms with Gasteiger partial charge in [0.1, 0.15) is 5.25 Å². The first-order valence-corrected chi connectivity index (χ1v) is 12.4. The minimum atomic E-state index is -0.701. The highest BCUT2D eigenvalue weighted by Gasteiger charge is 2.56. The van der Waals surface area contributed by atoms with Gasteiger partial charge in [-0.25, -0.2) is 4.90 Å². The monoisotopic (exact) mass is 495 g/mol. The standard InChI is InChI=1S/C24H21N3O5S2/c1-24(2,3)13-6-4-12(5-7-13)16-17-19(33-20-18(16)34-23(30)25-20)22(29)26(21(17)28)14-8-10-15(11-9-14)27(31)32/h4-11,16-17,19H,1-3H3,(H,25,30). The van der Waals surface area contributed by atoms with Gasteiger partial charge in [0.25, 0.3) is 5.69 Å². The largest absolute Gasteiger partial charge is 0.307 e. The summed E-state index contributed by atoms with van der Waals surface area (Å²) in [7, 11) is 0. The normalized spacial score (nSPS) is 22.0. The van der Waals surface area contributed by atoms with Crippen LogP contribution in [0.5, 0.6) is 0 Å². The van der Waals surface area contributed by atoms with E-state index in [1.807, 2.05) is 24.3 Å². The summed E-state index contributed by atoms with van der Waals surface area (Å²) in [5.74, 6) is -1.89. The van der Waals surface area contributed by atoms with Gasteiger partial charge >= 0.3 is 4.87 Å². The van der Waals surface area contributed by atoms with Crippen molar-refractivity contribution in [3.63, 3.8) is 0 Å². The molecule has 0 radical (unpaired) electrons. The van der Waals surface area contributed by atoms with Crippen molar-refractivity contribution in [3.05, 3.63) is 84.3 Å². The molecule has 10 heteroatoms. The Morgan fingerprint density at radius 1 is 0.971 bits per heavy atom. The van der Waals surface area contributed by atoms with Gasteiger partial charge in [0.2, 0.25) is 11.8 Å². The molecule has 34 heavy (non-hydrogen) atoms. The smallest absolute Gasteiger partial charge is 0.305 e. The number of hydrogen-bond donors (Lipinski definition) is 1. The lowest BCUT2D eigenvalue weighted by molar-refractivity contribution is -0.384. The highest BCUT2D eigenvalue weighted by molar-refractivity contribution is 8.00. The number of aromatic amines is 1. The van der Waals surface area contributed by atoms with Crippen LogP contribution in [0, 0.1) is 16.0 Å². The minimum absolute atomic E-state index is 0.0423. The zero-order valence-corrected chi connectivity index (χ0v) is 20.2. The van der Waals surface area contributed by atoms with Crippen molar-refractivity contribution in [2.24, 2.45) is 5.92 Å². The second-order valence-electron chi connectivity index (χ2n) is 9.41. The number of anilines is 1. The first kappa shape index (κ1) is 22.5. The van der Waals surface area contributed by atoms with Gasteiger partial charge in [0, 0.05) is 22.9 Å². The van der Waals surface area contributed by atoms with E-state index in [1.165, 1.54) is 36.0 Å². The Bertz CT molecular complexity index is 1370. The number of carbonyl (C=O) groups is 2. The maximum Gasteiger partial charge on any atom is 0.305 e. The zero-order valence-electron chi connectivity index (χ0n) is 18.6. The molecule has 3 aromatic rings. The quantitative estimate of drug-likeness (QED) is 0.327. The van der Waals surface area contributed by atoms with Crippen LogP contribution in [0.1, 0.15) is 42.7 Å². The number of carbonyl (C=O) groups excluding carboxylic acids is 2. The van der Waals surface area contributed by atoms with Gasteiger partial charge in [0.15, 0.2) is 0 Å². The summed E-state index contributed by atoms with van der Waals surface area (Å²) in [6, 6.07) is 13.4. The summed E-state index contributed by atoms with van der Waals surface area (Å²) in [4.78, 5) is 54.2. The van der Waals surface area contributed by atoms with Crippen molar-refractivity contribution < 1.29 is 14.5 Å². The number of nitro groups is 1. The molecular weight excluding hydrogens is 474 g/mol. The van der Waals surface area contributed by atoms with Gasteiger partial charge in [-0.3, -0.25) is 24.5 Å². The van der Waals surface area contributed by atoms with Gasteiger partial charge in [-0.15, -0.1) is 0 Å². The second kappa shape index (κ2) is 7.92. The van der Waals surface area contributed by atoms with Gasteiger partial charge in [0.05, 0.1) is 21.6 Å². The molecule has 2 aliphatic rings. The summed E-state index contributed by atoms with van der Waals surface area (Å²) in [5.41, 5.74) is 2.15. The van der Waals surface area contributed by atoms with E-state index in [0.717, 1.165) is 32.2 Å². The molecule has 0 spiro atoms. The van der Waals surface area contributed by atoms with Crippen LogP contribution in [-0.4, -0.2) is 27.0 Å². The average Bonchev–Trinajstić information content (AvgIpc) is 3.28. The van der Waals surface area contributed by atoms with Crippen LogP contribution in [0.2, 0.25) is 0 Å². The van der Waals surface area contributed by atoms with Crippen molar-refractivity contribution in [2.45, 2.75) is 42.4 Å². The molecule has 0 aliphatic carbocycles. The van der Waals surface area contributed by atoms with Crippen LogP contribution in [0.3, 0.4) is 0 Å². The summed E-state index contributed by atoms with van der Waals surface area (Å²) in [5, 5.41) is 10.9. The van der Waals surface area contributed by atoms with Gasteiger partial charge < -0.3 is 4.98 Å². The number of rotatable bonds is 3. The number of thiazole rings is 1. The third-order valence-corrected chi connectivity index (χ3v) is 8.68. The number of hydrogen-bond acceptors (Lipinski definition) is 7. The number of fused-ring (bicyclic) bond motifs is 2. The Balaban J connectivity index is 1.59. The fraction of sp³-hybridized carbons (Fsp3) is 0.292. The Morgan fingerprint density at radius 3 is 2.21 bits per heavy atom. The van der Waals surface area contributed by atoms with E-state index in [-0.39, 0.29) is 27.8 Å². The first-order valence-electron chi connectivity index (χ1n) is 10.7. The maximum absolute atomic E-state index is 13.7. The number of amides is 2. The third kappa shape index (κ3) is 3.57. The van der Waals surface area contributed by atoms with Crippen molar-refractivity contribution in [1.82, 2.24) is 4.98 Å². The highest BCUT2D eigenvalue weighted by Crippen LogP contribution is 2.53. The first-order chi connectivity index (χ1) is 16.1. The Kier molecular flexibility index (Phi) is 5.25. The van der Waals surface area contributed by atoms with Gasteiger partial charge in [-0.1, -0.05) is 68.1 Å². The molecule has 1 saturated heterocycles. The SMILES string of the molecule is CC(C)(C)c1ccc(C2c3sc(=O)[nH]c3SC3C(=O)N(c4ccc([N+](=O)[O-])cc4)C(=O)C32)cc1. The Morgan fingerprint density at radius 2 is 1.62 bits per heavy atom. The van der Waals surface area contributed by atoms with Crippen LogP contribution >= 0.6 is 23.1 Å². The minimum Gasteiger partial charge on any atom is -0.307 e. The molecule has 2 amide bonds. The Hall–Kier alpha value is -3.24. The molecule has 8 nitrogen and oxygen atoms in total. The van der Waals surface area contributed by atoms with Crippen molar-refractivity contribution >= 4 is 46.3 Å². The molecule has 2 aliphatic heterocycles. The number of nitro benzene ring substituents is 1. The van der Waals surface area contributed by atoms with Gasteiger partial charge in [-0.05, 0) is 28.7 Å². The lowest BCUT2D eigenvalue weighted by atomic mass is 9.81. The van der Waals surface area contributed by atoms with E-state index >= 15 is 0 Å². The second-order valence-corrected chi connectivity index (χ2v) is 11.6. The fourth-order valence-corrected chi connectivity index (χ4v) is 7.06. The van der Waals surface area contributed by atoms with E-state index in [2.05, 4.69) is 25.8 Å². The number of imide groups is 1. The van der Waals surface area contributed by atoms with Crippen LogP contribution in [0.4, 0.5) is 11.4 Å². The maximum atomic E-state index is 13.7. The van der Waals surface area contributed by atoms with Crippen molar-refractivity contribution in [3.8, 4) is 0 Å². The van der Waals surface area contributed by atoms with Crippen LogP contribution in [0.25, 0.3) is 0 Å². The summed E-state index contributed by atoms with van der Waals surface area (Å²) in [6.07, 6.45) is 0. The zero-order chi connectivity index (χ0) is 24.4. The topological polar surface area (TPSA) is 113 Å². The molecule has 2 aromatic carbocycles. The summed E-state index contributed by atoms with van der Waals surface area (Å²) in [6.45, 7) is 6.35. The molecule has 0 bridgehead atoms. The molecule has 174 valence electrons. The Labute approximate surface area is 203 Å². The van der Waals surface area contributed by atoms with E-state index in [4.69, 9.17) is 0 Å². The molecule has 1 fully saturated rings. The molecule has 3 unspecified atom stereocenters. The molecule has 1 aromatic heterocycles. The van der Waals surface area contributed by atoms with Crippen molar-refractivity contribution in [1.29, 1.82) is 0 Å². The van der Waals surface area contributed by atoms with E-state index in [1.54, 1.807) is 0 Å². The molecule has 1 N–H and O–H groups in total. The molecule has 3 heterocycles. The molecule has 5 rings (SSSR count). The predicted octanol–water partition coefficient (Wildman–Crippen LogP) is 4.44. The molecule has 0 saturated carbocycles. The fourth-order valence-electron chi connectivity index (χ4n) is 4.54. The number of nitrogens with zero attached hydrogens (tertiary/aromatic N) is 2. The number of thioether (sulfide) groups is 1. The van der Waals surface area contributed by atoms with Crippen LogP contribution in [0.15, 0.2) is 58.4 Å². The van der Waals surface area contributed by atoms with Crippen molar-refractivity contribution in [2.75, 3.05) is 4.90 Å². The molecule has 3 atom stereocenters. The van der Waals surface area contributed by atoms with E-state index in [0.29, 0.717) is 10.7 Å². The highest BCUT2D eigenvalue weighted by atomic mass is 32.2. The van der Waals surface area contributed by atoms with E-state index in [9.17, 15) is 24.5 Å². The number of H-pyrrole nitrogens is 1. The lowest BCUT2D eigenvalue weighted by Gasteiger charge is -2.30. The predicted molar refractivity (Wildman–Crippen MR) is 131 cm³/mol. The average molecular weight is 496 g/mol. The lowest BCUT2D eigenvalue weighted by Crippen LogP contribution is -2.32. The number of benzene rings is 2. The third-order valence-electron chi connectivity index (χ3n) is 6.28. The van der Waals surface area contributed by atoms with Crippen LogP contribution < -0.4 is 9.77 Å². The number of nitrogens with one attached hydrogen (secondary N) is 1. The molecular formula is C24H21N3O5S2.